The normalized spacial score (nSPS) is 14.3. The molecule has 0 fully saturated rings. The predicted molar refractivity (Wildman–Crippen MR) is 78.5 cm³/mol. The van der Waals surface area contributed by atoms with Crippen LogP contribution in [0.3, 0.4) is 0 Å². The predicted octanol–water partition coefficient (Wildman–Crippen LogP) is 3.61. The van der Waals surface area contributed by atoms with Gasteiger partial charge in [0.1, 0.15) is 0 Å². The van der Waals surface area contributed by atoms with E-state index in [-0.39, 0.29) is 11.3 Å². The summed E-state index contributed by atoms with van der Waals surface area (Å²) in [5.41, 5.74) is 2.40. The largest absolute Gasteiger partial charge is 0.352 e. The van der Waals surface area contributed by atoms with Crippen molar-refractivity contribution in [2.45, 2.75) is 33.2 Å². The van der Waals surface area contributed by atoms with E-state index < -0.39 is 0 Å². The van der Waals surface area contributed by atoms with E-state index in [9.17, 15) is 4.79 Å². The van der Waals surface area contributed by atoms with Crippen LogP contribution in [0.15, 0.2) is 54.1 Å². The van der Waals surface area contributed by atoms with Gasteiger partial charge >= 0.3 is 0 Å². The van der Waals surface area contributed by atoms with Gasteiger partial charge in [0.25, 0.3) is 0 Å². The quantitative estimate of drug-likeness (QED) is 0.855. The fourth-order valence-electron chi connectivity index (χ4n) is 2.32. The highest BCUT2D eigenvalue weighted by atomic mass is 16.1. The molecular formula is C17H21NO. The first-order chi connectivity index (χ1) is 9.08. The second kappa shape index (κ2) is 5.87. The zero-order valence-electron chi connectivity index (χ0n) is 11.6. The first kappa shape index (κ1) is 13.6. The van der Waals surface area contributed by atoms with E-state index in [1.807, 2.05) is 30.3 Å². The average Bonchev–Trinajstić information content (AvgIpc) is 2.92. The van der Waals surface area contributed by atoms with E-state index in [1.54, 1.807) is 0 Å². The minimum absolute atomic E-state index is 0.0652. The van der Waals surface area contributed by atoms with Gasteiger partial charge in [-0.1, -0.05) is 68.0 Å². The van der Waals surface area contributed by atoms with Crippen LogP contribution in [0.1, 0.15) is 32.3 Å². The van der Waals surface area contributed by atoms with Gasteiger partial charge in [0.05, 0.1) is 0 Å². The molecule has 0 saturated heterocycles. The minimum Gasteiger partial charge on any atom is -0.352 e. The second-order valence-corrected chi connectivity index (χ2v) is 5.65. The molecule has 0 heterocycles. The first-order valence-corrected chi connectivity index (χ1v) is 6.75. The summed E-state index contributed by atoms with van der Waals surface area (Å²) in [7, 11) is 0. The molecule has 2 rings (SSSR count). The number of nitrogens with one attached hydrogen (secondary N) is 1. The first-order valence-electron chi connectivity index (χ1n) is 6.75. The molecular weight excluding hydrogens is 234 g/mol. The Morgan fingerprint density at radius 1 is 1.26 bits per heavy atom. The summed E-state index contributed by atoms with van der Waals surface area (Å²) < 4.78 is 0. The van der Waals surface area contributed by atoms with Crippen LogP contribution in [0.5, 0.6) is 0 Å². The summed E-state index contributed by atoms with van der Waals surface area (Å²) in [6.45, 7) is 4.87. The van der Waals surface area contributed by atoms with Gasteiger partial charge in [0, 0.05) is 13.0 Å². The van der Waals surface area contributed by atoms with Crippen molar-refractivity contribution < 1.29 is 4.79 Å². The van der Waals surface area contributed by atoms with Crippen molar-refractivity contribution in [3.63, 3.8) is 0 Å². The Morgan fingerprint density at radius 3 is 2.63 bits per heavy atom. The van der Waals surface area contributed by atoms with Gasteiger partial charge in [-0.25, -0.2) is 0 Å². The maximum Gasteiger partial charge on any atom is 0.221 e. The Hall–Kier alpha value is -1.83. The molecule has 1 N–H and O–H groups in total. The molecule has 100 valence electrons. The van der Waals surface area contributed by atoms with E-state index >= 15 is 0 Å². The lowest BCUT2D eigenvalue weighted by atomic mass is 9.80. The molecule has 2 nitrogen and oxygen atoms in total. The third kappa shape index (κ3) is 3.82. The molecule has 0 bridgehead atoms. The Bertz CT molecular complexity index is 497. The highest BCUT2D eigenvalue weighted by Gasteiger charge is 2.26. The number of carbonyl (C=O) groups is 1. The molecule has 0 saturated carbocycles. The molecule has 1 amide bonds. The van der Waals surface area contributed by atoms with E-state index in [1.165, 1.54) is 5.57 Å². The van der Waals surface area contributed by atoms with Gasteiger partial charge in [-0.05, 0) is 17.4 Å². The van der Waals surface area contributed by atoms with Gasteiger partial charge in [0.2, 0.25) is 5.91 Å². The maximum atomic E-state index is 12.0. The van der Waals surface area contributed by atoms with Crippen molar-refractivity contribution in [3.05, 3.63) is 59.7 Å². The number of carbonyl (C=O) groups excluding carboxylic acids is 1. The van der Waals surface area contributed by atoms with E-state index in [4.69, 9.17) is 0 Å². The van der Waals surface area contributed by atoms with Crippen molar-refractivity contribution in [2.75, 3.05) is 0 Å². The molecule has 1 aliphatic rings. The highest BCUT2D eigenvalue weighted by Crippen LogP contribution is 2.34. The molecule has 1 aromatic rings. The van der Waals surface area contributed by atoms with Crippen molar-refractivity contribution in [1.29, 1.82) is 0 Å². The van der Waals surface area contributed by atoms with Gasteiger partial charge < -0.3 is 5.32 Å². The van der Waals surface area contributed by atoms with Crippen molar-refractivity contribution in [2.24, 2.45) is 5.41 Å². The van der Waals surface area contributed by atoms with Crippen LogP contribution >= 0.6 is 0 Å². The van der Waals surface area contributed by atoms with E-state index in [0.29, 0.717) is 13.0 Å². The summed E-state index contributed by atoms with van der Waals surface area (Å²) in [6, 6.07) is 10.00. The topological polar surface area (TPSA) is 29.1 Å². The number of rotatable bonds is 5. The number of allylic oxidation sites excluding steroid dienone is 4. The third-order valence-electron chi connectivity index (χ3n) is 3.58. The van der Waals surface area contributed by atoms with Crippen LogP contribution in [0, 0.1) is 5.41 Å². The van der Waals surface area contributed by atoms with Crippen molar-refractivity contribution >= 4 is 5.91 Å². The van der Waals surface area contributed by atoms with E-state index in [2.05, 4.69) is 37.4 Å². The molecule has 0 spiro atoms. The van der Waals surface area contributed by atoms with Gasteiger partial charge in [-0.3, -0.25) is 4.79 Å². The number of amides is 1. The third-order valence-corrected chi connectivity index (χ3v) is 3.58. The lowest BCUT2D eigenvalue weighted by Gasteiger charge is -2.25. The lowest BCUT2D eigenvalue weighted by molar-refractivity contribution is -0.122. The van der Waals surface area contributed by atoms with Crippen LogP contribution in [-0.2, 0) is 11.3 Å². The lowest BCUT2D eigenvalue weighted by Crippen LogP contribution is -2.29. The summed E-state index contributed by atoms with van der Waals surface area (Å²) in [5, 5.41) is 2.99. The van der Waals surface area contributed by atoms with Gasteiger partial charge in [-0.2, -0.15) is 0 Å². The van der Waals surface area contributed by atoms with Gasteiger partial charge in [-0.15, -0.1) is 0 Å². The molecule has 1 aliphatic carbocycles. The van der Waals surface area contributed by atoms with Crippen LogP contribution in [0.25, 0.3) is 0 Å². The molecule has 0 aliphatic heterocycles. The zero-order chi connectivity index (χ0) is 13.7. The van der Waals surface area contributed by atoms with Crippen LogP contribution < -0.4 is 5.32 Å². The molecule has 0 aromatic heterocycles. The molecule has 0 radical (unpaired) electrons. The molecule has 2 heteroatoms. The fraction of sp³-hybridized carbons (Fsp3) is 0.353. The Balaban J connectivity index is 1.84. The SMILES string of the molecule is CC(C)(CC(=O)NCc1ccccc1)C1=CC=CC1. The van der Waals surface area contributed by atoms with Crippen LogP contribution in [-0.4, -0.2) is 5.91 Å². The fourth-order valence-corrected chi connectivity index (χ4v) is 2.32. The summed E-state index contributed by atoms with van der Waals surface area (Å²) >= 11 is 0. The maximum absolute atomic E-state index is 12.0. The number of hydrogen-bond donors (Lipinski definition) is 1. The smallest absolute Gasteiger partial charge is 0.221 e. The summed E-state index contributed by atoms with van der Waals surface area (Å²) in [4.78, 5) is 12.0. The van der Waals surface area contributed by atoms with Crippen molar-refractivity contribution in [3.8, 4) is 0 Å². The zero-order valence-corrected chi connectivity index (χ0v) is 11.6. The van der Waals surface area contributed by atoms with Gasteiger partial charge in [0.15, 0.2) is 0 Å². The molecule has 19 heavy (non-hydrogen) atoms. The molecule has 1 aromatic carbocycles. The standard InChI is InChI=1S/C17H21NO/c1-17(2,15-10-6-7-11-15)12-16(19)18-13-14-8-4-3-5-9-14/h3-10H,11-13H2,1-2H3,(H,18,19). The number of benzene rings is 1. The van der Waals surface area contributed by atoms with E-state index in [0.717, 1.165) is 12.0 Å². The summed E-state index contributed by atoms with van der Waals surface area (Å²) in [6.07, 6.45) is 7.84. The molecule has 0 atom stereocenters. The monoisotopic (exact) mass is 255 g/mol. The second-order valence-electron chi connectivity index (χ2n) is 5.65. The van der Waals surface area contributed by atoms with Crippen LogP contribution in [0.4, 0.5) is 0 Å². The van der Waals surface area contributed by atoms with Crippen LogP contribution in [0.2, 0.25) is 0 Å². The minimum atomic E-state index is -0.0652. The Labute approximate surface area is 115 Å². The average molecular weight is 255 g/mol. The molecule has 0 unspecified atom stereocenters. The highest BCUT2D eigenvalue weighted by molar-refractivity contribution is 5.77. The Kier molecular flexibility index (Phi) is 4.20. The van der Waals surface area contributed by atoms with Crippen molar-refractivity contribution in [1.82, 2.24) is 5.32 Å². The Morgan fingerprint density at radius 2 is 2.00 bits per heavy atom. The summed E-state index contributed by atoms with van der Waals surface area (Å²) in [5.74, 6) is 0.113. The number of hydrogen-bond acceptors (Lipinski definition) is 1.